The molecule has 1 aromatic heterocycles. The molecule has 0 aliphatic heterocycles. The van der Waals surface area contributed by atoms with Gasteiger partial charge in [-0.25, -0.2) is 0 Å². The van der Waals surface area contributed by atoms with Crippen LogP contribution in [0.15, 0.2) is 12.4 Å². The van der Waals surface area contributed by atoms with Crippen LogP contribution in [0.3, 0.4) is 0 Å². The summed E-state index contributed by atoms with van der Waals surface area (Å²) >= 11 is 0. The third kappa shape index (κ3) is 3.50. The van der Waals surface area contributed by atoms with Crippen LogP contribution < -0.4 is 5.73 Å². The summed E-state index contributed by atoms with van der Waals surface area (Å²) in [5, 5.41) is 4.32. The maximum atomic E-state index is 5.48. The minimum absolute atomic E-state index is 0.705. The summed E-state index contributed by atoms with van der Waals surface area (Å²) in [7, 11) is 0. The van der Waals surface area contributed by atoms with E-state index in [1.807, 2.05) is 10.9 Å². The van der Waals surface area contributed by atoms with Gasteiger partial charge in [0.25, 0.3) is 0 Å². The monoisotopic (exact) mass is 195 g/mol. The zero-order valence-electron chi connectivity index (χ0n) is 9.24. The molecule has 14 heavy (non-hydrogen) atoms. The molecule has 1 unspecified atom stereocenters. The summed E-state index contributed by atoms with van der Waals surface area (Å²) in [5.41, 5.74) is 6.73. The molecule has 0 fully saturated rings. The molecule has 1 rings (SSSR count). The van der Waals surface area contributed by atoms with Gasteiger partial charge < -0.3 is 5.73 Å². The Balaban J connectivity index is 2.42. The van der Waals surface area contributed by atoms with E-state index in [-0.39, 0.29) is 0 Å². The molecule has 3 heteroatoms. The van der Waals surface area contributed by atoms with E-state index in [0.29, 0.717) is 12.5 Å². The second-order valence-electron chi connectivity index (χ2n) is 4.00. The molecule has 0 bridgehead atoms. The molecule has 0 saturated carbocycles. The normalized spacial score (nSPS) is 13.1. The Kier molecular flexibility index (Phi) is 4.66. The third-order valence-corrected chi connectivity index (χ3v) is 2.40. The lowest BCUT2D eigenvalue weighted by atomic mass is 10.1. The molecule has 80 valence electrons. The molecule has 0 spiro atoms. The molecule has 0 radical (unpaired) electrons. The Hall–Kier alpha value is -0.830. The van der Waals surface area contributed by atoms with Crippen LogP contribution in [0.25, 0.3) is 0 Å². The molecule has 1 atom stereocenters. The largest absolute Gasteiger partial charge is 0.330 e. The number of nitrogens with zero attached hydrogens (tertiary/aromatic N) is 2. The first kappa shape index (κ1) is 11.2. The average molecular weight is 195 g/mol. The maximum Gasteiger partial charge on any atom is 0.0522 e. The van der Waals surface area contributed by atoms with E-state index in [4.69, 9.17) is 5.73 Å². The molecule has 0 aliphatic rings. The lowest BCUT2D eigenvalue weighted by molar-refractivity contribution is 0.420. The summed E-state index contributed by atoms with van der Waals surface area (Å²) in [6.45, 7) is 6.22. The Labute approximate surface area is 86.3 Å². The van der Waals surface area contributed by atoms with Crippen molar-refractivity contribution < 1.29 is 0 Å². The van der Waals surface area contributed by atoms with Crippen LogP contribution in [0.2, 0.25) is 0 Å². The molecule has 2 N–H and O–H groups in total. The van der Waals surface area contributed by atoms with Gasteiger partial charge in [-0.15, -0.1) is 0 Å². The van der Waals surface area contributed by atoms with Gasteiger partial charge in [0.2, 0.25) is 0 Å². The van der Waals surface area contributed by atoms with E-state index in [9.17, 15) is 0 Å². The summed E-state index contributed by atoms with van der Waals surface area (Å²) in [6, 6.07) is 0. The second-order valence-corrected chi connectivity index (χ2v) is 4.00. The quantitative estimate of drug-likeness (QED) is 0.752. The van der Waals surface area contributed by atoms with Gasteiger partial charge >= 0.3 is 0 Å². The highest BCUT2D eigenvalue weighted by atomic mass is 15.3. The van der Waals surface area contributed by atoms with Crippen molar-refractivity contribution in [3.05, 3.63) is 18.0 Å². The minimum Gasteiger partial charge on any atom is -0.330 e. The van der Waals surface area contributed by atoms with Gasteiger partial charge in [-0.3, -0.25) is 4.68 Å². The lowest BCUT2D eigenvalue weighted by Crippen LogP contribution is -2.07. The van der Waals surface area contributed by atoms with E-state index in [0.717, 1.165) is 13.0 Å². The molecule has 0 aromatic carbocycles. The van der Waals surface area contributed by atoms with Crippen LogP contribution in [0.4, 0.5) is 0 Å². The predicted octanol–water partition coefficient (Wildman–Crippen LogP) is 1.82. The van der Waals surface area contributed by atoms with Crippen molar-refractivity contribution in [1.29, 1.82) is 0 Å². The van der Waals surface area contributed by atoms with Crippen molar-refractivity contribution in [3.63, 3.8) is 0 Å². The molecule has 0 amide bonds. The fraction of sp³-hybridized carbons (Fsp3) is 0.727. The number of rotatable bonds is 6. The van der Waals surface area contributed by atoms with Gasteiger partial charge in [-0.1, -0.05) is 20.3 Å². The first-order chi connectivity index (χ1) is 6.76. The van der Waals surface area contributed by atoms with Crippen LogP contribution in [0.5, 0.6) is 0 Å². The number of aromatic nitrogens is 2. The van der Waals surface area contributed by atoms with Crippen molar-refractivity contribution in [2.75, 3.05) is 6.54 Å². The van der Waals surface area contributed by atoms with Gasteiger partial charge in [0.05, 0.1) is 6.20 Å². The first-order valence-electron chi connectivity index (χ1n) is 5.47. The zero-order chi connectivity index (χ0) is 10.4. The average Bonchev–Trinajstić information content (AvgIpc) is 2.53. The van der Waals surface area contributed by atoms with Gasteiger partial charge in [0.1, 0.15) is 0 Å². The standard InChI is InChI=1S/C11H21N3/c1-3-4-10(2)8-14-9-11(5-6-12)7-13-14/h7,9-10H,3-6,8,12H2,1-2H3. The van der Waals surface area contributed by atoms with Crippen LogP contribution in [0.1, 0.15) is 32.3 Å². The Morgan fingerprint density at radius 1 is 1.57 bits per heavy atom. The van der Waals surface area contributed by atoms with E-state index in [1.165, 1.54) is 18.4 Å². The summed E-state index contributed by atoms with van der Waals surface area (Å²) < 4.78 is 2.03. The topological polar surface area (TPSA) is 43.8 Å². The minimum atomic E-state index is 0.705. The molecular weight excluding hydrogens is 174 g/mol. The number of hydrogen-bond acceptors (Lipinski definition) is 2. The van der Waals surface area contributed by atoms with Crippen LogP contribution in [0, 0.1) is 5.92 Å². The molecular formula is C11H21N3. The highest BCUT2D eigenvalue weighted by molar-refractivity contribution is 5.04. The molecule has 1 heterocycles. The highest BCUT2D eigenvalue weighted by Crippen LogP contribution is 2.08. The fourth-order valence-electron chi connectivity index (χ4n) is 1.71. The van der Waals surface area contributed by atoms with Gasteiger partial charge in [-0.05, 0) is 30.9 Å². The summed E-state index contributed by atoms with van der Waals surface area (Å²) in [6.07, 6.45) is 7.48. The van der Waals surface area contributed by atoms with Crippen LogP contribution >= 0.6 is 0 Å². The zero-order valence-corrected chi connectivity index (χ0v) is 9.24. The van der Waals surface area contributed by atoms with Gasteiger partial charge in [0, 0.05) is 12.7 Å². The molecule has 1 aromatic rings. The van der Waals surface area contributed by atoms with Crippen LogP contribution in [-0.2, 0) is 13.0 Å². The Morgan fingerprint density at radius 2 is 2.36 bits per heavy atom. The van der Waals surface area contributed by atoms with Gasteiger partial charge in [0.15, 0.2) is 0 Å². The number of hydrogen-bond donors (Lipinski definition) is 1. The smallest absolute Gasteiger partial charge is 0.0522 e. The van der Waals surface area contributed by atoms with E-state index >= 15 is 0 Å². The first-order valence-corrected chi connectivity index (χ1v) is 5.47. The predicted molar refractivity (Wildman–Crippen MR) is 59.1 cm³/mol. The Morgan fingerprint density at radius 3 is 3.00 bits per heavy atom. The van der Waals surface area contributed by atoms with Crippen LogP contribution in [-0.4, -0.2) is 16.3 Å². The van der Waals surface area contributed by atoms with E-state index in [2.05, 4.69) is 25.1 Å². The number of nitrogens with two attached hydrogens (primary N) is 1. The summed E-state index contributed by atoms with van der Waals surface area (Å²) in [4.78, 5) is 0. The van der Waals surface area contributed by atoms with Crippen molar-refractivity contribution in [1.82, 2.24) is 9.78 Å². The SMILES string of the molecule is CCCC(C)Cn1cc(CCN)cn1. The lowest BCUT2D eigenvalue weighted by Gasteiger charge is -2.09. The van der Waals surface area contributed by atoms with Gasteiger partial charge in [-0.2, -0.15) is 5.10 Å². The van der Waals surface area contributed by atoms with Crippen molar-refractivity contribution in [3.8, 4) is 0 Å². The maximum absolute atomic E-state index is 5.48. The van der Waals surface area contributed by atoms with Crippen molar-refractivity contribution >= 4 is 0 Å². The second kappa shape index (κ2) is 5.81. The fourth-order valence-corrected chi connectivity index (χ4v) is 1.71. The molecule has 3 nitrogen and oxygen atoms in total. The summed E-state index contributed by atoms with van der Waals surface area (Å²) in [5.74, 6) is 0.714. The Bertz CT molecular complexity index is 255. The highest BCUT2D eigenvalue weighted by Gasteiger charge is 2.03. The van der Waals surface area contributed by atoms with E-state index in [1.54, 1.807) is 0 Å². The van der Waals surface area contributed by atoms with Crippen molar-refractivity contribution in [2.45, 2.75) is 39.7 Å². The molecule has 0 aliphatic carbocycles. The molecule has 0 saturated heterocycles. The van der Waals surface area contributed by atoms with E-state index < -0.39 is 0 Å². The van der Waals surface area contributed by atoms with Crippen molar-refractivity contribution in [2.24, 2.45) is 11.7 Å². The third-order valence-electron chi connectivity index (χ3n) is 2.40.